The van der Waals surface area contributed by atoms with Gasteiger partial charge in [-0.25, -0.2) is 9.38 Å². The Labute approximate surface area is 166 Å². The van der Waals surface area contributed by atoms with Crippen molar-refractivity contribution in [1.29, 1.82) is 0 Å². The maximum Gasteiger partial charge on any atom is 0.194 e. The van der Waals surface area contributed by atoms with Gasteiger partial charge in [0.15, 0.2) is 17.5 Å². The molecule has 0 saturated carbocycles. The Morgan fingerprint density at radius 3 is 2.92 bits per heavy atom. The molecule has 0 aliphatic carbocycles. The number of methoxy groups -OCH3 is 1. The van der Waals surface area contributed by atoms with Crippen LogP contribution in [0, 0.1) is 11.2 Å². The second-order valence-corrected chi connectivity index (χ2v) is 6.61. The van der Waals surface area contributed by atoms with E-state index in [9.17, 15) is 4.39 Å². The Bertz CT molecular complexity index is 606. The summed E-state index contributed by atoms with van der Waals surface area (Å²) in [7, 11) is 1.47. The fraction of sp³-hybridized carbons (Fsp3) is 0.611. The van der Waals surface area contributed by atoms with Crippen molar-refractivity contribution in [1.82, 2.24) is 10.2 Å². The van der Waals surface area contributed by atoms with Gasteiger partial charge in [0.2, 0.25) is 0 Å². The lowest BCUT2D eigenvalue weighted by Gasteiger charge is -2.25. The second-order valence-electron chi connectivity index (χ2n) is 6.61. The van der Waals surface area contributed by atoms with Crippen molar-refractivity contribution in [2.45, 2.75) is 26.3 Å². The highest BCUT2D eigenvalue weighted by atomic mass is 127. The molecule has 0 radical (unpaired) electrons. The van der Waals surface area contributed by atoms with Crippen molar-refractivity contribution in [3.8, 4) is 5.75 Å². The number of guanidine groups is 1. The maximum absolute atomic E-state index is 13.8. The number of hydrogen-bond acceptors (Lipinski definition) is 3. The number of likely N-dealkylation sites (tertiary alicyclic amines) is 1. The van der Waals surface area contributed by atoms with Crippen molar-refractivity contribution in [3.05, 3.63) is 29.6 Å². The lowest BCUT2D eigenvalue weighted by Crippen LogP contribution is -2.41. The highest BCUT2D eigenvalue weighted by molar-refractivity contribution is 14.0. The number of benzene rings is 1. The number of aliphatic imine (C=N–C) groups is 1. The quantitative estimate of drug-likeness (QED) is 0.424. The van der Waals surface area contributed by atoms with Gasteiger partial charge in [-0.2, -0.15) is 0 Å². The third kappa shape index (κ3) is 4.75. The van der Waals surface area contributed by atoms with E-state index in [1.54, 1.807) is 6.07 Å². The number of nitrogens with zero attached hydrogens (tertiary/aromatic N) is 2. The normalized spacial score (nSPS) is 23.0. The molecule has 5 nitrogen and oxygen atoms in total. The van der Waals surface area contributed by atoms with E-state index in [-0.39, 0.29) is 35.5 Å². The van der Waals surface area contributed by atoms with Crippen LogP contribution >= 0.6 is 24.0 Å². The van der Waals surface area contributed by atoms with Crippen LogP contribution < -0.4 is 10.1 Å². The minimum Gasteiger partial charge on any atom is -0.494 e. The lowest BCUT2D eigenvalue weighted by molar-refractivity contribution is 0.156. The van der Waals surface area contributed by atoms with E-state index in [0.717, 1.165) is 57.2 Å². The molecule has 0 amide bonds. The number of ether oxygens (including phenoxy) is 2. The molecular formula is C18H27FIN3O2. The summed E-state index contributed by atoms with van der Waals surface area (Å²) in [5.41, 5.74) is 1.13. The summed E-state index contributed by atoms with van der Waals surface area (Å²) in [5.74, 6) is 0.813. The molecule has 3 rings (SSSR count). The number of nitrogens with one attached hydrogen (secondary N) is 1. The Balaban J connectivity index is 0.00000225. The Morgan fingerprint density at radius 2 is 2.28 bits per heavy atom. The van der Waals surface area contributed by atoms with Crippen molar-refractivity contribution >= 4 is 29.9 Å². The average molecular weight is 463 g/mol. The first-order valence-electron chi connectivity index (χ1n) is 8.59. The van der Waals surface area contributed by atoms with Crippen LogP contribution in [0.25, 0.3) is 0 Å². The lowest BCUT2D eigenvalue weighted by atomic mass is 9.87. The number of halogens is 2. The molecule has 7 heteroatoms. The second kappa shape index (κ2) is 9.02. The molecule has 140 valence electrons. The molecule has 2 aliphatic heterocycles. The van der Waals surface area contributed by atoms with E-state index in [4.69, 9.17) is 14.5 Å². The van der Waals surface area contributed by atoms with Crippen molar-refractivity contribution in [3.63, 3.8) is 0 Å². The molecule has 2 fully saturated rings. The van der Waals surface area contributed by atoms with Crippen LogP contribution in [-0.2, 0) is 11.3 Å². The van der Waals surface area contributed by atoms with Gasteiger partial charge in [0.25, 0.3) is 0 Å². The number of hydrogen-bond donors (Lipinski definition) is 1. The Kier molecular flexibility index (Phi) is 7.30. The first kappa shape index (κ1) is 20.2. The minimum absolute atomic E-state index is 0. The molecule has 1 N–H and O–H groups in total. The summed E-state index contributed by atoms with van der Waals surface area (Å²) in [6.07, 6.45) is 2.28. The highest BCUT2D eigenvalue weighted by Gasteiger charge is 2.42. The first-order chi connectivity index (χ1) is 11.7. The summed E-state index contributed by atoms with van der Waals surface area (Å²) >= 11 is 0. The molecule has 25 heavy (non-hydrogen) atoms. The van der Waals surface area contributed by atoms with Crippen LogP contribution in [0.4, 0.5) is 4.39 Å². The smallest absolute Gasteiger partial charge is 0.194 e. The number of rotatable bonds is 4. The van der Waals surface area contributed by atoms with E-state index in [2.05, 4.69) is 17.1 Å². The van der Waals surface area contributed by atoms with Gasteiger partial charge in [-0.3, -0.25) is 0 Å². The Morgan fingerprint density at radius 1 is 1.44 bits per heavy atom. The Hall–Kier alpha value is -1.09. The molecule has 0 aromatic heterocycles. The predicted molar refractivity (Wildman–Crippen MR) is 107 cm³/mol. The van der Waals surface area contributed by atoms with Crippen molar-refractivity contribution < 1.29 is 13.9 Å². The monoisotopic (exact) mass is 463 g/mol. The van der Waals surface area contributed by atoms with Gasteiger partial charge in [-0.1, -0.05) is 6.07 Å². The summed E-state index contributed by atoms with van der Waals surface area (Å²) in [5, 5.41) is 3.36. The van der Waals surface area contributed by atoms with Gasteiger partial charge in [0, 0.05) is 31.7 Å². The van der Waals surface area contributed by atoms with Gasteiger partial charge >= 0.3 is 0 Å². The zero-order chi connectivity index (χ0) is 17.0. The van der Waals surface area contributed by atoms with Crippen LogP contribution in [0.5, 0.6) is 5.75 Å². The van der Waals surface area contributed by atoms with Crippen LogP contribution in [0.15, 0.2) is 23.2 Å². The summed E-state index contributed by atoms with van der Waals surface area (Å²) in [6.45, 7) is 7.02. The van der Waals surface area contributed by atoms with Crippen LogP contribution in [0.3, 0.4) is 0 Å². The van der Waals surface area contributed by atoms with Gasteiger partial charge in [0.1, 0.15) is 0 Å². The predicted octanol–water partition coefficient (Wildman–Crippen LogP) is 3.03. The van der Waals surface area contributed by atoms with E-state index < -0.39 is 0 Å². The SMILES string of the molecule is CCNC(=NCc1ccc(OC)c(F)c1)N1CCC2(CCOC2)C1.I. The summed E-state index contributed by atoms with van der Waals surface area (Å²) < 4.78 is 24.4. The largest absolute Gasteiger partial charge is 0.494 e. The zero-order valence-electron chi connectivity index (χ0n) is 14.9. The van der Waals surface area contributed by atoms with Crippen LogP contribution in [-0.4, -0.2) is 50.8 Å². The first-order valence-corrected chi connectivity index (χ1v) is 8.59. The molecule has 2 heterocycles. The van der Waals surface area contributed by atoms with E-state index in [0.29, 0.717) is 12.0 Å². The maximum atomic E-state index is 13.8. The fourth-order valence-electron chi connectivity index (χ4n) is 3.49. The minimum atomic E-state index is -0.349. The highest BCUT2D eigenvalue weighted by Crippen LogP contribution is 2.38. The molecular weight excluding hydrogens is 436 g/mol. The van der Waals surface area contributed by atoms with Gasteiger partial charge in [-0.15, -0.1) is 24.0 Å². The zero-order valence-corrected chi connectivity index (χ0v) is 17.2. The molecule has 2 aliphatic rings. The standard InChI is InChI=1S/C18H26FN3O2.HI/c1-3-20-17(22-8-6-18(12-22)7-9-24-13-18)21-11-14-4-5-16(23-2)15(19)10-14;/h4-5,10H,3,6-9,11-13H2,1-2H3,(H,20,21);1H. The summed E-state index contributed by atoms with van der Waals surface area (Å²) in [4.78, 5) is 7.00. The van der Waals surface area contributed by atoms with Crippen molar-refractivity contribution in [2.24, 2.45) is 10.4 Å². The van der Waals surface area contributed by atoms with Crippen LogP contribution in [0.1, 0.15) is 25.3 Å². The fourth-order valence-corrected chi connectivity index (χ4v) is 3.49. The summed E-state index contributed by atoms with van der Waals surface area (Å²) in [6, 6.07) is 4.99. The topological polar surface area (TPSA) is 46.1 Å². The van der Waals surface area contributed by atoms with E-state index >= 15 is 0 Å². The molecule has 1 spiro atoms. The van der Waals surface area contributed by atoms with Gasteiger partial charge in [0.05, 0.1) is 20.3 Å². The molecule has 1 atom stereocenters. The van der Waals surface area contributed by atoms with Crippen LogP contribution in [0.2, 0.25) is 0 Å². The third-order valence-electron chi connectivity index (χ3n) is 4.89. The molecule has 1 aromatic carbocycles. The average Bonchev–Trinajstić information content (AvgIpc) is 3.22. The third-order valence-corrected chi connectivity index (χ3v) is 4.89. The van der Waals surface area contributed by atoms with Gasteiger partial charge < -0.3 is 19.7 Å². The van der Waals surface area contributed by atoms with E-state index in [1.165, 1.54) is 13.2 Å². The molecule has 1 aromatic rings. The molecule has 2 saturated heterocycles. The molecule has 0 bridgehead atoms. The van der Waals surface area contributed by atoms with E-state index in [1.807, 2.05) is 6.07 Å². The van der Waals surface area contributed by atoms with Crippen molar-refractivity contribution in [2.75, 3.05) is 40.0 Å². The van der Waals surface area contributed by atoms with Gasteiger partial charge in [-0.05, 0) is 37.5 Å². The molecule has 1 unspecified atom stereocenters.